The van der Waals surface area contributed by atoms with Crippen molar-refractivity contribution in [2.75, 3.05) is 11.9 Å². The molecule has 0 aliphatic carbocycles. The third kappa shape index (κ3) is 15.7. The van der Waals surface area contributed by atoms with Crippen molar-refractivity contribution in [2.24, 2.45) is 0 Å². The number of unbranched alkanes of at least 4 members (excludes halogenated alkanes) is 13. The van der Waals surface area contributed by atoms with Gasteiger partial charge in [0.2, 0.25) is 0 Å². The topological polar surface area (TPSA) is 75.6 Å². The van der Waals surface area contributed by atoms with Crippen molar-refractivity contribution >= 4 is 17.7 Å². The molecule has 1 aromatic carbocycles. The molecule has 0 aliphatic rings. The van der Waals surface area contributed by atoms with Crippen LogP contribution in [0.3, 0.4) is 0 Å². The number of anilines is 1. The highest BCUT2D eigenvalue weighted by Crippen LogP contribution is 2.18. The zero-order chi connectivity index (χ0) is 24.0. The number of hydrogen-bond acceptors (Lipinski definition) is 3. The monoisotopic (exact) mass is 449 g/mol. The molecule has 1 aromatic rings. The molecule has 0 aromatic heterocycles. The number of rotatable bonds is 17. The number of hydrogen-bond donors (Lipinski definition) is 2. The van der Waals surface area contributed by atoms with Crippen LogP contribution in [-0.2, 0) is 4.74 Å². The zero-order valence-electron chi connectivity index (χ0n) is 21.0. The molecule has 0 bridgehead atoms. The number of nitrogens with one attached hydrogen (secondary N) is 1. The van der Waals surface area contributed by atoms with E-state index < -0.39 is 12.1 Å². The van der Waals surface area contributed by atoms with Gasteiger partial charge in [-0.3, -0.25) is 5.32 Å². The first-order valence-corrected chi connectivity index (χ1v) is 12.8. The lowest BCUT2D eigenvalue weighted by Crippen LogP contribution is -2.16. The fourth-order valence-electron chi connectivity index (χ4n) is 3.55. The molecule has 184 valence electrons. The quantitative estimate of drug-likeness (QED) is 0.233. The Balaban J connectivity index is 0.00000466. The number of aryl methyl sites for hydroxylation is 1. The predicted octanol–water partition coefficient (Wildman–Crippen LogP) is 8.75. The first kappa shape index (κ1) is 30.0. The van der Waals surface area contributed by atoms with Crippen LogP contribution >= 0.6 is 0 Å². The third-order valence-corrected chi connectivity index (χ3v) is 5.37. The van der Waals surface area contributed by atoms with Gasteiger partial charge in [0.05, 0.1) is 17.9 Å². The molecule has 32 heavy (non-hydrogen) atoms. The largest absolute Gasteiger partial charge is 0.478 e. The van der Waals surface area contributed by atoms with Gasteiger partial charge < -0.3 is 9.84 Å². The van der Waals surface area contributed by atoms with Crippen molar-refractivity contribution in [1.82, 2.24) is 0 Å². The Morgan fingerprint density at radius 2 is 1.28 bits per heavy atom. The highest BCUT2D eigenvalue weighted by atomic mass is 16.5. The molecule has 5 nitrogen and oxygen atoms in total. The number of amides is 1. The van der Waals surface area contributed by atoms with Crippen LogP contribution in [0.1, 0.15) is 127 Å². The molecule has 5 heteroatoms. The molecule has 0 saturated heterocycles. The highest BCUT2D eigenvalue weighted by Gasteiger charge is 2.13. The number of ether oxygens (including phenoxy) is 1. The van der Waals surface area contributed by atoms with E-state index in [2.05, 4.69) is 12.2 Å². The number of benzene rings is 1. The van der Waals surface area contributed by atoms with E-state index in [9.17, 15) is 14.7 Å². The molecule has 0 radical (unpaired) electrons. The fourth-order valence-corrected chi connectivity index (χ4v) is 3.55. The number of aromatic carboxylic acids is 1. The van der Waals surface area contributed by atoms with E-state index in [1.54, 1.807) is 12.1 Å². The first-order chi connectivity index (χ1) is 15.5. The molecule has 0 atom stereocenters. The molecule has 2 N–H and O–H groups in total. The van der Waals surface area contributed by atoms with Gasteiger partial charge in [-0.1, -0.05) is 116 Å². The Morgan fingerprint density at radius 3 is 1.75 bits per heavy atom. The molecule has 0 fully saturated rings. The summed E-state index contributed by atoms with van der Waals surface area (Å²) in [5.74, 6) is -1.07. The van der Waals surface area contributed by atoms with Crippen molar-refractivity contribution in [1.29, 1.82) is 0 Å². The summed E-state index contributed by atoms with van der Waals surface area (Å²) in [6.45, 7) is 8.43. The highest BCUT2D eigenvalue weighted by molar-refractivity contribution is 5.98. The van der Waals surface area contributed by atoms with Gasteiger partial charge >= 0.3 is 12.1 Å². The summed E-state index contributed by atoms with van der Waals surface area (Å²) in [6, 6.07) is 4.88. The van der Waals surface area contributed by atoms with Crippen LogP contribution in [0.25, 0.3) is 0 Å². The second kappa shape index (κ2) is 20.8. The summed E-state index contributed by atoms with van der Waals surface area (Å²) >= 11 is 0. The van der Waals surface area contributed by atoms with Crippen molar-refractivity contribution in [2.45, 2.75) is 118 Å². The normalized spacial score (nSPS) is 10.2. The zero-order valence-corrected chi connectivity index (χ0v) is 21.0. The number of carboxylic acids is 1. The predicted molar refractivity (Wildman–Crippen MR) is 135 cm³/mol. The second-order valence-corrected chi connectivity index (χ2v) is 8.21. The Morgan fingerprint density at radius 1 is 0.812 bits per heavy atom. The lowest BCUT2D eigenvalue weighted by Gasteiger charge is -2.10. The summed E-state index contributed by atoms with van der Waals surface area (Å²) in [5, 5.41) is 11.8. The van der Waals surface area contributed by atoms with Crippen LogP contribution < -0.4 is 5.32 Å². The van der Waals surface area contributed by atoms with Crippen LogP contribution in [0.2, 0.25) is 0 Å². The molecule has 0 spiro atoms. The van der Waals surface area contributed by atoms with Crippen molar-refractivity contribution in [3.8, 4) is 0 Å². The summed E-state index contributed by atoms with van der Waals surface area (Å²) in [6.07, 6.45) is 17.3. The smallest absolute Gasteiger partial charge is 0.411 e. The number of carbonyl (C=O) groups excluding carboxylic acids is 1. The van der Waals surface area contributed by atoms with Gasteiger partial charge in [-0.25, -0.2) is 9.59 Å². The SMILES string of the molecule is CC.CCCCCCCCCCCCCCCCOC(=O)Nc1ccc(C)cc1C(=O)O. The number of carboxylic acid groups (broad SMARTS) is 1. The van der Waals surface area contributed by atoms with Gasteiger partial charge in [0.1, 0.15) is 0 Å². The lowest BCUT2D eigenvalue weighted by atomic mass is 10.0. The standard InChI is InChI=1S/C25H41NO4.C2H6/c1-3-4-5-6-7-8-9-10-11-12-13-14-15-16-19-30-25(29)26-23-18-17-21(2)20-22(23)24(27)28;1-2/h17-18,20H,3-16,19H2,1-2H3,(H,26,29)(H,27,28);1-2H3. The molecule has 0 unspecified atom stereocenters. The van der Waals surface area contributed by atoms with Crippen molar-refractivity contribution in [3.63, 3.8) is 0 Å². The van der Waals surface area contributed by atoms with Crippen LogP contribution in [0.15, 0.2) is 18.2 Å². The fraction of sp³-hybridized carbons (Fsp3) is 0.704. The molecule has 0 heterocycles. The van der Waals surface area contributed by atoms with E-state index in [0.29, 0.717) is 6.61 Å². The minimum absolute atomic E-state index is 0.0726. The van der Waals surface area contributed by atoms with Crippen molar-refractivity contribution < 1.29 is 19.4 Å². The molecule has 0 saturated carbocycles. The molecular formula is C27H47NO4. The minimum atomic E-state index is -1.07. The van der Waals surface area contributed by atoms with E-state index in [1.807, 2.05) is 20.8 Å². The maximum absolute atomic E-state index is 11.9. The average Bonchev–Trinajstić information content (AvgIpc) is 2.79. The Hall–Kier alpha value is -2.04. The maximum Gasteiger partial charge on any atom is 0.411 e. The molecule has 1 rings (SSSR count). The van der Waals surface area contributed by atoms with Crippen molar-refractivity contribution in [3.05, 3.63) is 29.3 Å². The van der Waals surface area contributed by atoms with E-state index in [4.69, 9.17) is 4.74 Å². The summed E-state index contributed by atoms with van der Waals surface area (Å²) < 4.78 is 5.18. The maximum atomic E-state index is 11.9. The average molecular weight is 450 g/mol. The van der Waals surface area contributed by atoms with Gasteiger partial charge in [-0.05, 0) is 25.5 Å². The van der Waals surface area contributed by atoms with Crippen LogP contribution in [-0.4, -0.2) is 23.8 Å². The van der Waals surface area contributed by atoms with E-state index in [-0.39, 0.29) is 11.3 Å². The van der Waals surface area contributed by atoms with Crippen LogP contribution in [0.5, 0.6) is 0 Å². The Labute approximate surface area is 196 Å². The van der Waals surface area contributed by atoms with Gasteiger partial charge in [0, 0.05) is 0 Å². The van der Waals surface area contributed by atoms with Crippen LogP contribution in [0, 0.1) is 6.92 Å². The number of carbonyl (C=O) groups is 2. The summed E-state index contributed by atoms with van der Waals surface area (Å²) in [7, 11) is 0. The molecule has 1 amide bonds. The first-order valence-electron chi connectivity index (χ1n) is 12.8. The van der Waals surface area contributed by atoms with E-state index in [1.165, 1.54) is 83.1 Å². The Kier molecular flexibility index (Phi) is 19.5. The van der Waals surface area contributed by atoms with Gasteiger partial charge in [-0.2, -0.15) is 0 Å². The second-order valence-electron chi connectivity index (χ2n) is 8.21. The lowest BCUT2D eigenvalue weighted by molar-refractivity contribution is 0.0698. The van der Waals surface area contributed by atoms with Gasteiger partial charge in [-0.15, -0.1) is 0 Å². The van der Waals surface area contributed by atoms with E-state index in [0.717, 1.165) is 18.4 Å². The van der Waals surface area contributed by atoms with Crippen LogP contribution in [0.4, 0.5) is 10.5 Å². The Bertz CT molecular complexity index is 616. The minimum Gasteiger partial charge on any atom is -0.478 e. The molecular weight excluding hydrogens is 402 g/mol. The van der Waals surface area contributed by atoms with Gasteiger partial charge in [0.25, 0.3) is 0 Å². The summed E-state index contributed by atoms with van der Waals surface area (Å²) in [4.78, 5) is 23.2. The summed E-state index contributed by atoms with van der Waals surface area (Å²) in [5.41, 5.74) is 1.16. The molecule has 0 aliphatic heterocycles. The third-order valence-electron chi connectivity index (χ3n) is 5.37. The van der Waals surface area contributed by atoms with E-state index >= 15 is 0 Å². The van der Waals surface area contributed by atoms with Gasteiger partial charge in [0.15, 0.2) is 0 Å².